The Kier molecular flexibility index (Phi) is 1.44. The van der Waals surface area contributed by atoms with Crippen LogP contribution in [0.4, 0.5) is 0 Å². The Bertz CT molecular complexity index is 572. The lowest BCUT2D eigenvalue weighted by molar-refractivity contribution is 0.783. The molecule has 0 N–H and O–H groups in total. The van der Waals surface area contributed by atoms with Gasteiger partial charge in [0.25, 0.3) is 0 Å². The highest BCUT2D eigenvalue weighted by Gasteiger charge is 2.48. The molecule has 1 fully saturated rings. The fourth-order valence-corrected chi connectivity index (χ4v) is 1.70. The Morgan fingerprint density at radius 2 is 2.27 bits per heavy atom. The maximum atomic E-state index is 9.05. The first kappa shape index (κ1) is 8.42. The first-order valence-electron chi connectivity index (χ1n) is 4.98. The van der Waals surface area contributed by atoms with Crippen LogP contribution in [0.1, 0.15) is 24.2 Å². The van der Waals surface area contributed by atoms with Gasteiger partial charge in [-0.2, -0.15) is 5.26 Å². The van der Waals surface area contributed by atoms with Crippen molar-refractivity contribution in [1.29, 1.82) is 5.26 Å². The Morgan fingerprint density at radius 1 is 1.47 bits per heavy atom. The molecule has 0 unspecified atom stereocenters. The third-order valence-electron chi connectivity index (χ3n) is 2.87. The molecule has 74 valence electrons. The van der Waals surface area contributed by atoms with Crippen LogP contribution in [0.25, 0.3) is 5.65 Å². The minimum absolute atomic E-state index is 0.389. The van der Waals surface area contributed by atoms with Crippen molar-refractivity contribution in [2.24, 2.45) is 0 Å². The third-order valence-corrected chi connectivity index (χ3v) is 2.87. The van der Waals surface area contributed by atoms with Crippen LogP contribution in [0.15, 0.2) is 18.3 Å². The second-order valence-electron chi connectivity index (χ2n) is 4.14. The predicted molar refractivity (Wildman–Crippen MR) is 54.2 cm³/mol. The molecular formula is C11H10N4. The van der Waals surface area contributed by atoms with Crippen molar-refractivity contribution in [1.82, 2.24) is 14.6 Å². The zero-order valence-corrected chi connectivity index (χ0v) is 8.44. The molecule has 2 aromatic heterocycles. The molecule has 0 spiro atoms. The summed E-state index contributed by atoms with van der Waals surface area (Å²) in [6, 6.07) is 6.24. The topological polar surface area (TPSA) is 54.0 Å². The van der Waals surface area contributed by atoms with Gasteiger partial charge in [0.05, 0.1) is 6.07 Å². The van der Waals surface area contributed by atoms with Gasteiger partial charge in [0.15, 0.2) is 11.5 Å². The fraction of sp³-hybridized carbons (Fsp3) is 0.364. The smallest absolute Gasteiger partial charge is 0.171 e. The van der Waals surface area contributed by atoms with Gasteiger partial charge >= 0.3 is 0 Å². The molecule has 1 aliphatic rings. The summed E-state index contributed by atoms with van der Waals surface area (Å²) in [5.41, 5.74) is 1.57. The van der Waals surface area contributed by atoms with Crippen molar-refractivity contribution in [2.45, 2.75) is 25.2 Å². The van der Waals surface area contributed by atoms with Crippen LogP contribution in [0, 0.1) is 18.3 Å². The quantitative estimate of drug-likeness (QED) is 0.699. The van der Waals surface area contributed by atoms with Crippen LogP contribution in [-0.4, -0.2) is 14.6 Å². The lowest BCUT2D eigenvalue weighted by Crippen LogP contribution is -2.05. The van der Waals surface area contributed by atoms with E-state index in [-0.39, 0.29) is 5.41 Å². The van der Waals surface area contributed by atoms with Crippen molar-refractivity contribution in [2.75, 3.05) is 0 Å². The van der Waals surface area contributed by atoms with Crippen LogP contribution >= 0.6 is 0 Å². The fourth-order valence-electron chi connectivity index (χ4n) is 1.70. The Hall–Kier alpha value is -1.89. The standard InChI is InChI=1S/C11H10N4/c1-8-2-3-9-13-10(14-15(9)6-8)11(7-12)4-5-11/h2-3,6H,4-5H2,1H3. The minimum Gasteiger partial charge on any atom is -0.221 e. The number of aromatic nitrogens is 3. The molecule has 0 radical (unpaired) electrons. The highest BCUT2D eigenvalue weighted by molar-refractivity contribution is 5.42. The van der Waals surface area contributed by atoms with Crippen molar-refractivity contribution in [3.8, 4) is 6.07 Å². The number of fused-ring (bicyclic) bond motifs is 1. The largest absolute Gasteiger partial charge is 0.221 e. The third kappa shape index (κ3) is 1.13. The molecule has 1 saturated carbocycles. The van der Waals surface area contributed by atoms with E-state index in [1.165, 1.54) is 0 Å². The first-order valence-corrected chi connectivity index (χ1v) is 4.98. The minimum atomic E-state index is -0.389. The Balaban J connectivity index is 2.19. The first-order chi connectivity index (χ1) is 7.23. The second-order valence-corrected chi connectivity index (χ2v) is 4.14. The van der Waals surface area contributed by atoms with E-state index < -0.39 is 0 Å². The SMILES string of the molecule is Cc1ccc2nc(C3(C#N)CC3)nn2c1. The van der Waals surface area contributed by atoms with E-state index in [1.807, 2.05) is 25.3 Å². The van der Waals surface area contributed by atoms with Gasteiger partial charge in [0.2, 0.25) is 0 Å². The van der Waals surface area contributed by atoms with Gasteiger partial charge < -0.3 is 0 Å². The van der Waals surface area contributed by atoms with Gasteiger partial charge in [-0.05, 0) is 31.4 Å². The van der Waals surface area contributed by atoms with Crippen molar-refractivity contribution >= 4 is 5.65 Å². The molecule has 0 saturated heterocycles. The molecule has 4 heteroatoms. The van der Waals surface area contributed by atoms with Crippen LogP contribution < -0.4 is 0 Å². The zero-order valence-electron chi connectivity index (χ0n) is 8.44. The van der Waals surface area contributed by atoms with Crippen LogP contribution in [0.3, 0.4) is 0 Å². The van der Waals surface area contributed by atoms with E-state index in [4.69, 9.17) is 5.26 Å². The van der Waals surface area contributed by atoms with Gasteiger partial charge in [-0.3, -0.25) is 0 Å². The summed E-state index contributed by atoms with van der Waals surface area (Å²) in [6.45, 7) is 2.01. The molecule has 0 aromatic carbocycles. The monoisotopic (exact) mass is 198 g/mol. The lowest BCUT2D eigenvalue weighted by Gasteiger charge is -1.95. The summed E-state index contributed by atoms with van der Waals surface area (Å²) in [6.07, 6.45) is 3.71. The van der Waals surface area contributed by atoms with E-state index in [0.29, 0.717) is 5.82 Å². The molecule has 0 amide bonds. The average Bonchev–Trinajstić information content (AvgIpc) is 2.93. The molecule has 0 bridgehead atoms. The Morgan fingerprint density at radius 3 is 2.93 bits per heavy atom. The van der Waals surface area contributed by atoms with Crippen molar-refractivity contribution in [3.05, 3.63) is 29.7 Å². The molecule has 1 aliphatic carbocycles. The number of hydrogen-bond acceptors (Lipinski definition) is 3. The zero-order chi connectivity index (χ0) is 10.5. The highest BCUT2D eigenvalue weighted by Crippen LogP contribution is 2.45. The molecule has 15 heavy (non-hydrogen) atoms. The van der Waals surface area contributed by atoms with Gasteiger partial charge in [-0.1, -0.05) is 6.07 Å². The van der Waals surface area contributed by atoms with E-state index in [1.54, 1.807) is 4.52 Å². The van der Waals surface area contributed by atoms with E-state index >= 15 is 0 Å². The number of pyridine rings is 1. The number of nitrogens with zero attached hydrogens (tertiary/aromatic N) is 4. The molecule has 0 atom stereocenters. The van der Waals surface area contributed by atoms with Crippen molar-refractivity contribution < 1.29 is 0 Å². The van der Waals surface area contributed by atoms with Gasteiger partial charge in [-0.15, -0.1) is 5.10 Å². The molecular weight excluding hydrogens is 188 g/mol. The number of hydrogen-bond donors (Lipinski definition) is 0. The predicted octanol–water partition coefficient (Wildman–Crippen LogP) is 1.59. The van der Waals surface area contributed by atoms with Gasteiger partial charge in [0.1, 0.15) is 5.41 Å². The molecule has 2 aromatic rings. The summed E-state index contributed by atoms with van der Waals surface area (Å²) in [5, 5.41) is 13.4. The van der Waals surface area contributed by atoms with Gasteiger partial charge in [-0.25, -0.2) is 9.50 Å². The number of aryl methyl sites for hydroxylation is 1. The number of nitriles is 1. The molecule has 4 nitrogen and oxygen atoms in total. The summed E-state index contributed by atoms with van der Waals surface area (Å²) < 4.78 is 1.75. The summed E-state index contributed by atoms with van der Waals surface area (Å²) in [7, 11) is 0. The second kappa shape index (κ2) is 2.57. The summed E-state index contributed by atoms with van der Waals surface area (Å²) in [5.74, 6) is 0.676. The van der Waals surface area contributed by atoms with E-state index in [9.17, 15) is 0 Å². The maximum absolute atomic E-state index is 9.05. The maximum Gasteiger partial charge on any atom is 0.171 e. The molecule has 3 rings (SSSR count). The van der Waals surface area contributed by atoms with E-state index in [0.717, 1.165) is 24.1 Å². The van der Waals surface area contributed by atoms with E-state index in [2.05, 4.69) is 16.2 Å². The summed E-state index contributed by atoms with van der Waals surface area (Å²) >= 11 is 0. The van der Waals surface area contributed by atoms with Gasteiger partial charge in [0, 0.05) is 6.20 Å². The summed E-state index contributed by atoms with van der Waals surface area (Å²) in [4.78, 5) is 4.39. The van der Waals surface area contributed by atoms with Crippen LogP contribution in [0.5, 0.6) is 0 Å². The normalized spacial score (nSPS) is 17.6. The van der Waals surface area contributed by atoms with Crippen LogP contribution in [0.2, 0.25) is 0 Å². The van der Waals surface area contributed by atoms with Crippen molar-refractivity contribution in [3.63, 3.8) is 0 Å². The Labute approximate surface area is 87.2 Å². The average molecular weight is 198 g/mol. The highest BCUT2D eigenvalue weighted by atomic mass is 15.3. The molecule has 0 aliphatic heterocycles. The molecule has 2 heterocycles. The lowest BCUT2D eigenvalue weighted by atomic mass is 10.1. The number of rotatable bonds is 1. The van der Waals surface area contributed by atoms with Crippen LogP contribution in [-0.2, 0) is 5.41 Å².